The highest BCUT2D eigenvalue weighted by Gasteiger charge is 2.15. The number of halogens is 2. The molecular formula is C18H18ClFN4. The molecule has 0 saturated carbocycles. The van der Waals surface area contributed by atoms with Crippen LogP contribution in [0.15, 0.2) is 42.6 Å². The van der Waals surface area contributed by atoms with Crippen LogP contribution in [0.3, 0.4) is 0 Å². The molecule has 4 nitrogen and oxygen atoms in total. The summed E-state index contributed by atoms with van der Waals surface area (Å²) in [6.45, 7) is 4.57. The predicted octanol–water partition coefficient (Wildman–Crippen LogP) is 3.36. The predicted molar refractivity (Wildman–Crippen MR) is 94.6 cm³/mol. The second-order valence-corrected chi connectivity index (χ2v) is 6.48. The fourth-order valence-corrected chi connectivity index (χ4v) is 3.29. The fraction of sp³-hybridized carbons (Fsp3) is 0.278. The topological polar surface area (TPSA) is 33.1 Å². The molecule has 124 valence electrons. The third kappa shape index (κ3) is 3.02. The molecule has 6 heteroatoms. The van der Waals surface area contributed by atoms with E-state index in [0.29, 0.717) is 11.7 Å². The van der Waals surface area contributed by atoms with Gasteiger partial charge in [0.25, 0.3) is 0 Å². The van der Waals surface area contributed by atoms with E-state index in [1.165, 1.54) is 0 Å². The van der Waals surface area contributed by atoms with Crippen molar-refractivity contribution in [1.29, 1.82) is 0 Å². The highest BCUT2D eigenvalue weighted by molar-refractivity contribution is 6.30. The van der Waals surface area contributed by atoms with Gasteiger partial charge in [0.15, 0.2) is 0 Å². The lowest BCUT2D eigenvalue weighted by atomic mass is 10.0. The first-order chi connectivity index (χ1) is 11.7. The average molecular weight is 345 g/mol. The van der Waals surface area contributed by atoms with E-state index >= 15 is 0 Å². The number of hydrogen-bond acceptors (Lipinski definition) is 3. The van der Waals surface area contributed by atoms with Crippen molar-refractivity contribution in [2.24, 2.45) is 0 Å². The Morgan fingerprint density at radius 1 is 1.12 bits per heavy atom. The molecule has 2 heterocycles. The van der Waals surface area contributed by atoms with Crippen molar-refractivity contribution in [3.05, 3.63) is 53.4 Å². The van der Waals surface area contributed by atoms with Gasteiger partial charge in [-0.3, -0.25) is 9.58 Å². The molecule has 1 N–H and O–H groups in total. The Balaban J connectivity index is 1.75. The first-order valence-electron chi connectivity index (χ1n) is 8.05. The van der Waals surface area contributed by atoms with Crippen LogP contribution in [0.25, 0.3) is 22.0 Å². The van der Waals surface area contributed by atoms with Crippen molar-refractivity contribution < 1.29 is 4.39 Å². The SMILES string of the molecule is Fc1cc(-c2ccc(Cl)cc2)c2cnn(CN3CCNCC3)c2c1. The molecule has 0 unspecified atom stereocenters. The summed E-state index contributed by atoms with van der Waals surface area (Å²) >= 11 is 5.96. The summed E-state index contributed by atoms with van der Waals surface area (Å²) in [7, 11) is 0. The van der Waals surface area contributed by atoms with Crippen LogP contribution in [-0.4, -0.2) is 40.9 Å². The van der Waals surface area contributed by atoms with Crippen LogP contribution < -0.4 is 5.32 Å². The summed E-state index contributed by atoms with van der Waals surface area (Å²) in [5.74, 6) is -0.255. The summed E-state index contributed by atoms with van der Waals surface area (Å²) in [5, 5.41) is 9.45. The van der Waals surface area contributed by atoms with Crippen molar-refractivity contribution in [3.63, 3.8) is 0 Å². The Hall–Kier alpha value is -1.95. The van der Waals surface area contributed by atoms with Crippen LogP contribution in [0.2, 0.25) is 5.02 Å². The number of fused-ring (bicyclic) bond motifs is 1. The number of rotatable bonds is 3. The van der Waals surface area contributed by atoms with E-state index in [9.17, 15) is 4.39 Å². The maximum absolute atomic E-state index is 14.2. The zero-order valence-corrected chi connectivity index (χ0v) is 13.9. The zero-order valence-electron chi connectivity index (χ0n) is 13.2. The minimum atomic E-state index is -0.255. The van der Waals surface area contributed by atoms with E-state index in [1.807, 2.05) is 35.1 Å². The molecule has 0 amide bonds. The fourth-order valence-electron chi connectivity index (χ4n) is 3.17. The first kappa shape index (κ1) is 15.6. The van der Waals surface area contributed by atoms with E-state index in [2.05, 4.69) is 15.3 Å². The molecule has 24 heavy (non-hydrogen) atoms. The van der Waals surface area contributed by atoms with Crippen LogP contribution in [0.5, 0.6) is 0 Å². The van der Waals surface area contributed by atoms with E-state index in [1.54, 1.807) is 12.1 Å². The van der Waals surface area contributed by atoms with Gasteiger partial charge < -0.3 is 5.32 Å². The largest absolute Gasteiger partial charge is 0.314 e. The smallest absolute Gasteiger partial charge is 0.126 e. The molecule has 0 aliphatic carbocycles. The molecule has 0 bridgehead atoms. The van der Waals surface area contributed by atoms with Gasteiger partial charge in [0.2, 0.25) is 0 Å². The van der Waals surface area contributed by atoms with Crippen LogP contribution in [0.4, 0.5) is 4.39 Å². The molecule has 0 spiro atoms. The third-order valence-corrected chi connectivity index (χ3v) is 4.68. The third-order valence-electron chi connectivity index (χ3n) is 4.43. The van der Waals surface area contributed by atoms with Gasteiger partial charge in [-0.1, -0.05) is 23.7 Å². The van der Waals surface area contributed by atoms with E-state index < -0.39 is 0 Å². The molecule has 1 aliphatic heterocycles. The van der Waals surface area contributed by atoms with Gasteiger partial charge in [-0.2, -0.15) is 5.10 Å². The van der Waals surface area contributed by atoms with Crippen LogP contribution in [-0.2, 0) is 6.67 Å². The lowest BCUT2D eigenvalue weighted by Crippen LogP contribution is -2.44. The van der Waals surface area contributed by atoms with Gasteiger partial charge in [-0.25, -0.2) is 4.39 Å². The van der Waals surface area contributed by atoms with Crippen molar-refractivity contribution in [2.45, 2.75) is 6.67 Å². The van der Waals surface area contributed by atoms with Crippen LogP contribution >= 0.6 is 11.6 Å². The van der Waals surface area contributed by atoms with Crippen molar-refractivity contribution >= 4 is 22.5 Å². The minimum Gasteiger partial charge on any atom is -0.314 e. The lowest BCUT2D eigenvalue weighted by Gasteiger charge is -2.27. The molecule has 3 aromatic rings. The Kier molecular flexibility index (Phi) is 4.22. The normalized spacial score (nSPS) is 15.9. The van der Waals surface area contributed by atoms with E-state index in [0.717, 1.165) is 48.2 Å². The molecule has 1 fully saturated rings. The Morgan fingerprint density at radius 3 is 2.62 bits per heavy atom. The lowest BCUT2D eigenvalue weighted by molar-refractivity contribution is 0.187. The summed E-state index contributed by atoms with van der Waals surface area (Å²) in [5.41, 5.74) is 2.59. The molecule has 0 atom stereocenters. The maximum Gasteiger partial charge on any atom is 0.126 e. The second kappa shape index (κ2) is 6.51. The van der Waals surface area contributed by atoms with Gasteiger partial charge in [-0.15, -0.1) is 0 Å². The van der Waals surface area contributed by atoms with Crippen molar-refractivity contribution in [3.8, 4) is 11.1 Å². The van der Waals surface area contributed by atoms with Gasteiger partial charge in [0.1, 0.15) is 5.82 Å². The van der Waals surface area contributed by atoms with Crippen molar-refractivity contribution in [2.75, 3.05) is 26.2 Å². The number of nitrogens with one attached hydrogen (secondary N) is 1. The summed E-state index contributed by atoms with van der Waals surface area (Å²) in [4.78, 5) is 2.32. The Morgan fingerprint density at radius 2 is 1.88 bits per heavy atom. The molecule has 0 radical (unpaired) electrons. The number of hydrogen-bond donors (Lipinski definition) is 1. The molecule has 1 aromatic heterocycles. The molecule has 1 saturated heterocycles. The van der Waals surface area contributed by atoms with Gasteiger partial charge >= 0.3 is 0 Å². The van der Waals surface area contributed by atoms with E-state index in [4.69, 9.17) is 11.6 Å². The quantitative estimate of drug-likeness (QED) is 0.791. The monoisotopic (exact) mass is 344 g/mol. The maximum atomic E-state index is 14.2. The number of piperazine rings is 1. The molecule has 2 aromatic carbocycles. The van der Waals surface area contributed by atoms with Gasteiger partial charge in [0.05, 0.1) is 18.4 Å². The summed E-state index contributed by atoms with van der Waals surface area (Å²) in [6.07, 6.45) is 1.82. The Bertz CT molecular complexity index is 853. The van der Waals surface area contributed by atoms with Crippen LogP contribution in [0, 0.1) is 5.82 Å². The molecule has 1 aliphatic rings. The first-order valence-corrected chi connectivity index (χ1v) is 8.42. The molecule has 4 rings (SSSR count). The van der Waals surface area contributed by atoms with E-state index in [-0.39, 0.29) is 5.82 Å². The van der Waals surface area contributed by atoms with Crippen molar-refractivity contribution in [1.82, 2.24) is 20.0 Å². The second-order valence-electron chi connectivity index (χ2n) is 6.05. The molecular weight excluding hydrogens is 327 g/mol. The highest BCUT2D eigenvalue weighted by atomic mass is 35.5. The van der Waals surface area contributed by atoms with Crippen LogP contribution in [0.1, 0.15) is 0 Å². The minimum absolute atomic E-state index is 0.255. The highest BCUT2D eigenvalue weighted by Crippen LogP contribution is 2.30. The Labute approximate surface area is 144 Å². The average Bonchev–Trinajstić information content (AvgIpc) is 2.99. The van der Waals surface area contributed by atoms with Gasteiger partial charge in [-0.05, 0) is 35.4 Å². The summed E-state index contributed by atoms with van der Waals surface area (Å²) < 4.78 is 16.1. The number of benzene rings is 2. The van der Waals surface area contributed by atoms with Gasteiger partial charge in [0, 0.05) is 36.6 Å². The number of nitrogens with zero attached hydrogens (tertiary/aromatic N) is 3. The number of aromatic nitrogens is 2. The standard InChI is InChI=1S/C18H18ClFN4/c19-14-3-1-13(2-4-14)16-9-15(20)10-18-17(16)11-22-24(18)12-23-7-5-21-6-8-23/h1-4,9-11,21H,5-8,12H2. The summed E-state index contributed by atoms with van der Waals surface area (Å²) in [6, 6.07) is 10.6. The zero-order chi connectivity index (χ0) is 16.5.